The molecule has 0 spiro atoms. The van der Waals surface area contributed by atoms with Gasteiger partial charge in [-0.15, -0.1) is 0 Å². The molecule has 2 amide bonds. The first-order valence-electron chi connectivity index (χ1n) is 10.4. The van der Waals surface area contributed by atoms with Crippen LogP contribution in [0.25, 0.3) is 0 Å². The number of benzene rings is 2. The Morgan fingerprint density at radius 2 is 1.52 bits per heavy atom. The molecule has 3 N–H and O–H groups in total. The lowest BCUT2D eigenvalue weighted by Gasteiger charge is -2.17. The minimum atomic E-state index is -3.55. The third kappa shape index (κ3) is 9.11. The second-order valence-electron chi connectivity index (χ2n) is 8.27. The van der Waals surface area contributed by atoms with Crippen LogP contribution in [0.3, 0.4) is 0 Å². The number of methoxy groups -OCH3 is 1. The molecule has 0 unspecified atom stereocenters. The molecule has 0 aromatic heterocycles. The normalized spacial score (nSPS) is 11.5. The average Bonchev–Trinajstić information content (AvgIpc) is 2.77. The standard InChI is InChI=1S/C23H31N3O6S/c1-23(2,3)22(28)26-18-7-5-17(6-8-18)21(27)24-13-14-25-33(29,30)16-15-32-20-11-9-19(31-4)10-12-20/h5-12,25H,13-16H2,1-4H3,(H,24,27)(H,26,28). The Morgan fingerprint density at radius 3 is 2.09 bits per heavy atom. The summed E-state index contributed by atoms with van der Waals surface area (Å²) >= 11 is 0. The van der Waals surface area contributed by atoms with Crippen LogP contribution in [-0.4, -0.2) is 52.8 Å². The number of nitrogens with one attached hydrogen (secondary N) is 3. The van der Waals surface area contributed by atoms with Gasteiger partial charge in [-0.05, 0) is 48.5 Å². The maximum absolute atomic E-state index is 12.2. The summed E-state index contributed by atoms with van der Waals surface area (Å²) in [4.78, 5) is 24.2. The van der Waals surface area contributed by atoms with Crippen LogP contribution in [0.5, 0.6) is 11.5 Å². The van der Waals surface area contributed by atoms with Crippen molar-refractivity contribution in [2.75, 3.05) is 37.9 Å². The Bertz CT molecular complexity index is 1030. The maximum atomic E-state index is 12.2. The molecule has 0 saturated carbocycles. The van der Waals surface area contributed by atoms with Crippen molar-refractivity contribution in [3.05, 3.63) is 54.1 Å². The molecule has 180 valence electrons. The minimum absolute atomic E-state index is 0.00782. The van der Waals surface area contributed by atoms with Crippen LogP contribution in [0, 0.1) is 5.41 Å². The summed E-state index contributed by atoms with van der Waals surface area (Å²) in [7, 11) is -1.99. The van der Waals surface area contributed by atoms with E-state index in [1.165, 1.54) is 0 Å². The van der Waals surface area contributed by atoms with Crippen molar-refractivity contribution in [1.29, 1.82) is 0 Å². The summed E-state index contributed by atoms with van der Waals surface area (Å²) in [5, 5.41) is 5.44. The molecule has 33 heavy (non-hydrogen) atoms. The molecule has 0 radical (unpaired) electrons. The van der Waals surface area contributed by atoms with Crippen LogP contribution in [-0.2, 0) is 14.8 Å². The number of carbonyl (C=O) groups excluding carboxylic acids is 2. The predicted molar refractivity (Wildman–Crippen MR) is 127 cm³/mol. The Kier molecular flexibility index (Phi) is 9.24. The molecule has 2 aromatic rings. The third-order valence-electron chi connectivity index (χ3n) is 4.50. The predicted octanol–water partition coefficient (Wildman–Crippen LogP) is 2.41. The number of hydrogen-bond acceptors (Lipinski definition) is 6. The van der Waals surface area contributed by atoms with Gasteiger partial charge in [0.1, 0.15) is 18.1 Å². The van der Waals surface area contributed by atoms with Gasteiger partial charge in [0.05, 0.1) is 12.9 Å². The van der Waals surface area contributed by atoms with Crippen LogP contribution in [0.2, 0.25) is 0 Å². The Morgan fingerprint density at radius 1 is 0.909 bits per heavy atom. The molecule has 0 aliphatic rings. The highest BCUT2D eigenvalue weighted by molar-refractivity contribution is 7.89. The smallest absolute Gasteiger partial charge is 0.251 e. The Balaban J connectivity index is 1.70. The molecule has 0 aliphatic carbocycles. The summed E-state index contributed by atoms with van der Waals surface area (Å²) in [5.41, 5.74) is 0.473. The molecule has 0 fully saturated rings. The number of carbonyl (C=O) groups is 2. The molecular weight excluding hydrogens is 446 g/mol. The van der Waals surface area contributed by atoms with Crippen LogP contribution in [0.1, 0.15) is 31.1 Å². The number of amides is 2. The van der Waals surface area contributed by atoms with Crippen molar-refractivity contribution < 1.29 is 27.5 Å². The van der Waals surface area contributed by atoms with Crippen molar-refractivity contribution in [3.63, 3.8) is 0 Å². The molecule has 2 aromatic carbocycles. The zero-order chi connectivity index (χ0) is 24.5. The van der Waals surface area contributed by atoms with E-state index >= 15 is 0 Å². The number of anilines is 1. The van der Waals surface area contributed by atoms with E-state index in [0.29, 0.717) is 22.7 Å². The number of ether oxygens (including phenoxy) is 2. The first-order chi connectivity index (χ1) is 15.5. The highest BCUT2D eigenvalue weighted by Gasteiger charge is 2.21. The highest BCUT2D eigenvalue weighted by Crippen LogP contribution is 2.18. The van der Waals surface area contributed by atoms with Crippen molar-refractivity contribution in [1.82, 2.24) is 10.0 Å². The quantitative estimate of drug-likeness (QED) is 0.427. The van der Waals surface area contributed by atoms with Gasteiger partial charge in [-0.2, -0.15) is 0 Å². The van der Waals surface area contributed by atoms with Gasteiger partial charge in [0.25, 0.3) is 5.91 Å². The van der Waals surface area contributed by atoms with Crippen molar-refractivity contribution in [3.8, 4) is 11.5 Å². The van der Waals surface area contributed by atoms with Gasteiger partial charge in [-0.25, -0.2) is 13.1 Å². The SMILES string of the molecule is COc1ccc(OCCS(=O)(=O)NCCNC(=O)c2ccc(NC(=O)C(C)(C)C)cc2)cc1. The van der Waals surface area contributed by atoms with Gasteiger partial charge in [0.2, 0.25) is 15.9 Å². The molecular formula is C23H31N3O6S. The van der Waals surface area contributed by atoms with Gasteiger partial charge in [-0.3, -0.25) is 9.59 Å². The van der Waals surface area contributed by atoms with E-state index in [1.807, 2.05) is 20.8 Å². The summed E-state index contributed by atoms with van der Waals surface area (Å²) in [6.45, 7) is 5.60. The molecule has 10 heteroatoms. The molecule has 2 rings (SSSR count). The Labute approximate surface area is 194 Å². The summed E-state index contributed by atoms with van der Waals surface area (Å²) in [5.74, 6) is 0.547. The van der Waals surface area contributed by atoms with E-state index in [1.54, 1.807) is 55.6 Å². The van der Waals surface area contributed by atoms with Crippen LogP contribution in [0.4, 0.5) is 5.69 Å². The van der Waals surface area contributed by atoms with Crippen molar-refractivity contribution in [2.45, 2.75) is 20.8 Å². The maximum Gasteiger partial charge on any atom is 0.251 e. The Hall–Kier alpha value is -3.11. The van der Waals surface area contributed by atoms with E-state index in [4.69, 9.17) is 9.47 Å². The first-order valence-corrected chi connectivity index (χ1v) is 12.1. The molecule has 0 saturated heterocycles. The fourth-order valence-electron chi connectivity index (χ4n) is 2.52. The van der Waals surface area contributed by atoms with Crippen LogP contribution < -0.4 is 24.8 Å². The average molecular weight is 478 g/mol. The van der Waals surface area contributed by atoms with Gasteiger partial charge in [-0.1, -0.05) is 20.8 Å². The summed E-state index contributed by atoms with van der Waals surface area (Å²) in [6.07, 6.45) is 0. The van der Waals surface area contributed by atoms with Gasteiger partial charge in [0, 0.05) is 29.8 Å². The topological polar surface area (TPSA) is 123 Å². The second-order valence-corrected chi connectivity index (χ2v) is 10.2. The summed E-state index contributed by atoms with van der Waals surface area (Å²) in [6, 6.07) is 13.3. The first kappa shape index (κ1) is 26.1. The summed E-state index contributed by atoms with van der Waals surface area (Å²) < 4.78 is 37.0. The molecule has 9 nitrogen and oxygen atoms in total. The van der Waals surface area contributed by atoms with E-state index < -0.39 is 15.4 Å². The number of rotatable bonds is 11. The molecule has 0 heterocycles. The number of hydrogen-bond donors (Lipinski definition) is 3. The molecule has 0 aliphatic heterocycles. The van der Waals surface area contributed by atoms with Gasteiger partial charge < -0.3 is 20.1 Å². The fourth-order valence-corrected chi connectivity index (χ4v) is 3.38. The van der Waals surface area contributed by atoms with E-state index in [0.717, 1.165) is 0 Å². The second kappa shape index (κ2) is 11.7. The van der Waals surface area contributed by atoms with Gasteiger partial charge >= 0.3 is 0 Å². The third-order valence-corrected chi connectivity index (χ3v) is 5.85. The monoisotopic (exact) mass is 477 g/mol. The zero-order valence-electron chi connectivity index (χ0n) is 19.3. The van der Waals surface area contributed by atoms with Crippen LogP contribution in [0.15, 0.2) is 48.5 Å². The van der Waals surface area contributed by atoms with Crippen LogP contribution >= 0.6 is 0 Å². The number of sulfonamides is 1. The minimum Gasteiger partial charge on any atom is -0.497 e. The molecule has 0 atom stereocenters. The van der Waals surface area contributed by atoms with E-state index in [-0.39, 0.29) is 37.3 Å². The highest BCUT2D eigenvalue weighted by atomic mass is 32.2. The fraction of sp³-hybridized carbons (Fsp3) is 0.391. The molecule has 0 bridgehead atoms. The van der Waals surface area contributed by atoms with E-state index in [9.17, 15) is 18.0 Å². The largest absolute Gasteiger partial charge is 0.497 e. The van der Waals surface area contributed by atoms with Crippen molar-refractivity contribution >= 4 is 27.5 Å². The van der Waals surface area contributed by atoms with Gasteiger partial charge in [0.15, 0.2) is 0 Å². The van der Waals surface area contributed by atoms with Crippen molar-refractivity contribution in [2.24, 2.45) is 5.41 Å². The van der Waals surface area contributed by atoms with E-state index in [2.05, 4.69) is 15.4 Å². The lowest BCUT2D eigenvalue weighted by Crippen LogP contribution is -2.36. The zero-order valence-corrected chi connectivity index (χ0v) is 20.1. The lowest BCUT2D eigenvalue weighted by atomic mass is 9.95. The lowest BCUT2D eigenvalue weighted by molar-refractivity contribution is -0.123.